The molecule has 4 heteroatoms. The van der Waals surface area contributed by atoms with Gasteiger partial charge >= 0.3 is 5.97 Å². The van der Waals surface area contributed by atoms with Gasteiger partial charge in [0.2, 0.25) is 0 Å². The van der Waals surface area contributed by atoms with Crippen molar-refractivity contribution in [2.75, 3.05) is 0 Å². The van der Waals surface area contributed by atoms with Gasteiger partial charge in [-0.3, -0.25) is 9.59 Å². The normalized spacial score (nSPS) is 9.92. The molecule has 0 radical (unpaired) electrons. The Balaban J connectivity index is 2.54. The molecule has 4 nitrogen and oxygen atoms in total. The highest BCUT2D eigenvalue weighted by Crippen LogP contribution is 2.09. The number of carboxylic acid groups (broad SMARTS) is 1. The quantitative estimate of drug-likeness (QED) is 0.718. The van der Waals surface area contributed by atoms with Gasteiger partial charge in [0, 0.05) is 6.42 Å². The molecular weight excluding hydrogens is 172 g/mol. The van der Waals surface area contributed by atoms with Crippen molar-refractivity contribution < 1.29 is 19.1 Å². The van der Waals surface area contributed by atoms with Gasteiger partial charge in [0.05, 0.1) is 6.42 Å². The van der Waals surface area contributed by atoms with E-state index in [9.17, 15) is 9.59 Å². The molecule has 1 N–H and O–H groups in total. The van der Waals surface area contributed by atoms with Crippen LogP contribution in [0.4, 0.5) is 0 Å². The highest BCUT2D eigenvalue weighted by atomic mass is 16.4. The van der Waals surface area contributed by atoms with Crippen molar-refractivity contribution in [3.8, 4) is 0 Å². The van der Waals surface area contributed by atoms with Gasteiger partial charge in [-0.1, -0.05) is 0 Å². The van der Waals surface area contributed by atoms with Gasteiger partial charge in [0.1, 0.15) is 5.76 Å². The summed E-state index contributed by atoms with van der Waals surface area (Å²) in [6.07, 6.45) is -0.166. The maximum atomic E-state index is 11.2. The van der Waals surface area contributed by atoms with Crippen LogP contribution >= 0.6 is 0 Å². The van der Waals surface area contributed by atoms with E-state index in [4.69, 9.17) is 9.52 Å². The second kappa shape index (κ2) is 3.89. The first-order chi connectivity index (χ1) is 6.09. The molecule has 0 aliphatic carbocycles. The number of aryl methyl sites for hydroxylation is 1. The van der Waals surface area contributed by atoms with Crippen LogP contribution in [0.25, 0.3) is 0 Å². The summed E-state index contributed by atoms with van der Waals surface area (Å²) in [6.45, 7) is 1.73. The molecule has 0 bridgehead atoms. The number of carbonyl (C=O) groups excluding carboxylic acids is 1. The van der Waals surface area contributed by atoms with Crippen LogP contribution < -0.4 is 0 Å². The third-order valence-electron chi connectivity index (χ3n) is 1.58. The zero-order chi connectivity index (χ0) is 9.84. The average Bonchev–Trinajstić information content (AvgIpc) is 2.47. The van der Waals surface area contributed by atoms with Crippen LogP contribution in [0.15, 0.2) is 16.5 Å². The average molecular weight is 182 g/mol. The van der Waals surface area contributed by atoms with Crippen LogP contribution in [0.2, 0.25) is 0 Å². The topological polar surface area (TPSA) is 67.5 Å². The van der Waals surface area contributed by atoms with E-state index in [2.05, 4.69) is 0 Å². The number of carboxylic acids is 1. The molecule has 1 heterocycles. The number of Topliss-reactive ketones (excluding diaryl/α,β-unsaturated/α-hetero) is 1. The summed E-state index contributed by atoms with van der Waals surface area (Å²) in [4.78, 5) is 21.4. The summed E-state index contributed by atoms with van der Waals surface area (Å²) in [5, 5.41) is 8.33. The van der Waals surface area contributed by atoms with Crippen LogP contribution in [0.1, 0.15) is 29.2 Å². The van der Waals surface area contributed by atoms with E-state index < -0.39 is 5.97 Å². The van der Waals surface area contributed by atoms with Gasteiger partial charge in [-0.05, 0) is 19.1 Å². The summed E-state index contributed by atoms with van der Waals surface area (Å²) in [5.41, 5.74) is 0. The zero-order valence-electron chi connectivity index (χ0n) is 7.24. The molecule has 0 atom stereocenters. The van der Waals surface area contributed by atoms with Crippen molar-refractivity contribution in [1.82, 2.24) is 0 Å². The first-order valence-electron chi connectivity index (χ1n) is 3.91. The van der Waals surface area contributed by atoms with Crippen LogP contribution in [0, 0.1) is 6.92 Å². The standard InChI is InChI=1S/C9H10O4/c1-6-2-4-8(13-6)7(10)3-5-9(11)12/h2,4H,3,5H2,1H3,(H,11,12). The number of carbonyl (C=O) groups is 2. The highest BCUT2D eigenvalue weighted by Gasteiger charge is 2.11. The maximum Gasteiger partial charge on any atom is 0.303 e. The third kappa shape index (κ3) is 2.74. The Hall–Kier alpha value is -1.58. The first kappa shape index (κ1) is 9.51. The predicted molar refractivity (Wildman–Crippen MR) is 44.6 cm³/mol. The fraction of sp³-hybridized carbons (Fsp3) is 0.333. The SMILES string of the molecule is Cc1ccc(C(=O)CCC(=O)O)o1. The zero-order valence-corrected chi connectivity index (χ0v) is 7.24. The molecule has 1 aromatic rings. The van der Waals surface area contributed by atoms with E-state index >= 15 is 0 Å². The molecule has 1 aromatic heterocycles. The lowest BCUT2D eigenvalue weighted by Gasteiger charge is -1.93. The van der Waals surface area contributed by atoms with Crippen molar-refractivity contribution in [1.29, 1.82) is 0 Å². The Morgan fingerprint density at radius 1 is 1.38 bits per heavy atom. The van der Waals surface area contributed by atoms with Crippen LogP contribution in [0.5, 0.6) is 0 Å². The molecule has 13 heavy (non-hydrogen) atoms. The van der Waals surface area contributed by atoms with Crippen molar-refractivity contribution in [3.05, 3.63) is 23.7 Å². The van der Waals surface area contributed by atoms with Crippen molar-refractivity contribution >= 4 is 11.8 Å². The number of ketones is 1. The summed E-state index contributed by atoms with van der Waals surface area (Å²) in [6, 6.07) is 3.23. The number of furan rings is 1. The highest BCUT2D eigenvalue weighted by molar-refractivity contribution is 5.95. The minimum atomic E-state index is -0.975. The number of hydrogen-bond donors (Lipinski definition) is 1. The lowest BCUT2D eigenvalue weighted by atomic mass is 10.2. The van der Waals surface area contributed by atoms with Crippen LogP contribution in [-0.2, 0) is 4.79 Å². The molecule has 0 aliphatic heterocycles. The van der Waals surface area contributed by atoms with Crippen molar-refractivity contribution in [2.45, 2.75) is 19.8 Å². The van der Waals surface area contributed by atoms with E-state index in [1.807, 2.05) is 0 Å². The van der Waals surface area contributed by atoms with E-state index in [0.717, 1.165) is 0 Å². The van der Waals surface area contributed by atoms with Crippen molar-refractivity contribution in [3.63, 3.8) is 0 Å². The Morgan fingerprint density at radius 2 is 2.08 bits per heavy atom. The first-order valence-corrected chi connectivity index (χ1v) is 3.91. The molecule has 1 rings (SSSR count). The summed E-state index contributed by atoms with van der Waals surface area (Å²) in [7, 11) is 0. The Kier molecular flexibility index (Phi) is 2.84. The minimum Gasteiger partial charge on any atom is -0.481 e. The molecule has 0 saturated carbocycles. The summed E-state index contributed by atoms with van der Waals surface area (Å²) < 4.78 is 5.04. The van der Waals surface area contributed by atoms with Gasteiger partial charge in [-0.25, -0.2) is 0 Å². The lowest BCUT2D eigenvalue weighted by molar-refractivity contribution is -0.136. The molecule has 0 aromatic carbocycles. The van der Waals surface area contributed by atoms with Crippen LogP contribution in [0.3, 0.4) is 0 Å². The minimum absolute atomic E-state index is 0.0116. The third-order valence-corrected chi connectivity index (χ3v) is 1.58. The molecule has 0 amide bonds. The fourth-order valence-corrected chi connectivity index (χ4v) is 0.928. The number of rotatable bonds is 4. The molecule has 0 fully saturated rings. The Morgan fingerprint density at radius 3 is 2.54 bits per heavy atom. The van der Waals surface area contributed by atoms with Crippen molar-refractivity contribution in [2.24, 2.45) is 0 Å². The van der Waals surface area contributed by atoms with Gasteiger partial charge < -0.3 is 9.52 Å². The molecule has 70 valence electrons. The smallest absolute Gasteiger partial charge is 0.303 e. The van der Waals surface area contributed by atoms with E-state index in [1.54, 1.807) is 19.1 Å². The van der Waals surface area contributed by atoms with Gasteiger partial charge in [-0.2, -0.15) is 0 Å². The maximum absolute atomic E-state index is 11.2. The van der Waals surface area contributed by atoms with E-state index in [-0.39, 0.29) is 24.4 Å². The molecule has 0 aliphatic rings. The monoisotopic (exact) mass is 182 g/mol. The second-order valence-electron chi connectivity index (χ2n) is 2.73. The van der Waals surface area contributed by atoms with Crippen LogP contribution in [-0.4, -0.2) is 16.9 Å². The molecule has 0 saturated heterocycles. The molecule has 0 unspecified atom stereocenters. The summed E-state index contributed by atoms with van der Waals surface area (Å²) >= 11 is 0. The summed E-state index contributed by atoms with van der Waals surface area (Å²) in [5.74, 6) is -0.357. The van der Waals surface area contributed by atoms with Gasteiger partial charge in [-0.15, -0.1) is 0 Å². The predicted octanol–water partition coefficient (Wildman–Crippen LogP) is 1.64. The second-order valence-corrected chi connectivity index (χ2v) is 2.73. The largest absolute Gasteiger partial charge is 0.481 e. The molecular formula is C9H10O4. The van der Waals surface area contributed by atoms with E-state index in [0.29, 0.717) is 5.76 Å². The lowest BCUT2D eigenvalue weighted by Crippen LogP contribution is -2.02. The van der Waals surface area contributed by atoms with Gasteiger partial charge in [0.15, 0.2) is 11.5 Å². The number of hydrogen-bond acceptors (Lipinski definition) is 3. The Labute approximate surface area is 75.2 Å². The van der Waals surface area contributed by atoms with Gasteiger partial charge in [0.25, 0.3) is 0 Å². The van der Waals surface area contributed by atoms with E-state index in [1.165, 1.54) is 0 Å². The Bertz CT molecular complexity index is 324. The fourth-order valence-electron chi connectivity index (χ4n) is 0.928. The number of aliphatic carboxylic acids is 1. The molecule has 0 spiro atoms.